The van der Waals surface area contributed by atoms with Crippen LogP contribution in [-0.2, 0) is 11.4 Å². The van der Waals surface area contributed by atoms with E-state index in [4.69, 9.17) is 10.2 Å². The van der Waals surface area contributed by atoms with Crippen LogP contribution in [0, 0.1) is 0 Å². The van der Waals surface area contributed by atoms with E-state index in [0.717, 1.165) is 0 Å². The fourth-order valence-electron chi connectivity index (χ4n) is 0.898. The summed E-state index contributed by atoms with van der Waals surface area (Å²) in [5, 5.41) is 17.4. The number of aliphatic hydroxyl groups excluding tert-OH is 1. The lowest BCUT2D eigenvalue weighted by Crippen LogP contribution is -1.96. The molecular formula is C10H11NO3. The van der Waals surface area contributed by atoms with Crippen LogP contribution in [0.5, 0.6) is 0 Å². The van der Waals surface area contributed by atoms with Crippen molar-refractivity contribution in [1.29, 1.82) is 0 Å². The fraction of sp³-hybridized carbons (Fsp3) is 0.200. The van der Waals surface area contributed by atoms with Crippen LogP contribution in [0.15, 0.2) is 23.9 Å². The van der Waals surface area contributed by atoms with Crippen LogP contribution in [-0.4, -0.2) is 21.2 Å². The molecule has 4 nitrogen and oxygen atoms in total. The molecule has 1 heterocycles. The van der Waals surface area contributed by atoms with Crippen LogP contribution >= 0.6 is 0 Å². The Morgan fingerprint density at radius 1 is 1.57 bits per heavy atom. The van der Waals surface area contributed by atoms with Gasteiger partial charge in [0.15, 0.2) is 0 Å². The minimum absolute atomic E-state index is 0.0606. The Balaban J connectivity index is 2.88. The van der Waals surface area contributed by atoms with Gasteiger partial charge >= 0.3 is 5.97 Å². The molecule has 1 rings (SSSR count). The summed E-state index contributed by atoms with van der Waals surface area (Å²) in [4.78, 5) is 14.5. The number of hydrogen-bond acceptors (Lipinski definition) is 3. The van der Waals surface area contributed by atoms with E-state index in [1.807, 2.05) is 0 Å². The number of carboxylic acids is 1. The lowest BCUT2D eigenvalue weighted by Gasteiger charge is -1.97. The summed E-state index contributed by atoms with van der Waals surface area (Å²) in [5.41, 5.74) is 1.51. The maximum absolute atomic E-state index is 10.5. The van der Waals surface area contributed by atoms with Gasteiger partial charge in [-0.2, -0.15) is 0 Å². The van der Waals surface area contributed by atoms with Crippen molar-refractivity contribution in [2.75, 3.05) is 0 Å². The van der Waals surface area contributed by atoms with Gasteiger partial charge in [-0.3, -0.25) is 4.98 Å². The smallest absolute Gasteiger partial charge is 0.331 e. The average molecular weight is 193 g/mol. The van der Waals surface area contributed by atoms with Crippen LogP contribution < -0.4 is 0 Å². The third-order valence-electron chi connectivity index (χ3n) is 1.73. The van der Waals surface area contributed by atoms with Gasteiger partial charge in [0.2, 0.25) is 0 Å². The molecule has 0 aromatic carbocycles. The molecule has 0 saturated heterocycles. The van der Waals surface area contributed by atoms with Crippen molar-refractivity contribution in [3.8, 4) is 0 Å². The first-order valence-electron chi connectivity index (χ1n) is 4.11. The van der Waals surface area contributed by atoms with Crippen molar-refractivity contribution >= 4 is 12.0 Å². The second-order valence-corrected chi connectivity index (χ2v) is 2.88. The molecule has 74 valence electrons. The zero-order valence-electron chi connectivity index (χ0n) is 7.77. The first kappa shape index (κ1) is 10.4. The van der Waals surface area contributed by atoms with E-state index in [-0.39, 0.29) is 12.2 Å². The second kappa shape index (κ2) is 4.53. The molecule has 0 bridgehead atoms. The molecule has 0 radical (unpaired) electrons. The number of carbonyl (C=O) groups is 1. The number of rotatable bonds is 3. The second-order valence-electron chi connectivity index (χ2n) is 2.88. The lowest BCUT2D eigenvalue weighted by atomic mass is 10.2. The third-order valence-corrected chi connectivity index (χ3v) is 1.73. The van der Waals surface area contributed by atoms with Gasteiger partial charge in [0.25, 0.3) is 0 Å². The maximum Gasteiger partial charge on any atom is 0.331 e. The van der Waals surface area contributed by atoms with E-state index in [2.05, 4.69) is 4.98 Å². The number of pyridine rings is 1. The Hall–Kier alpha value is -1.68. The van der Waals surface area contributed by atoms with Crippen molar-refractivity contribution in [2.45, 2.75) is 13.5 Å². The van der Waals surface area contributed by atoms with E-state index in [1.165, 1.54) is 19.2 Å². The molecule has 0 aliphatic rings. The van der Waals surface area contributed by atoms with Crippen molar-refractivity contribution in [3.05, 3.63) is 35.2 Å². The number of aromatic nitrogens is 1. The van der Waals surface area contributed by atoms with Gasteiger partial charge in [-0.25, -0.2) is 4.79 Å². The third kappa shape index (κ3) is 2.67. The molecule has 1 aromatic rings. The highest BCUT2D eigenvalue weighted by Gasteiger charge is 2.00. The lowest BCUT2D eigenvalue weighted by molar-refractivity contribution is -0.132. The van der Waals surface area contributed by atoms with E-state index < -0.39 is 5.97 Å². The first-order chi connectivity index (χ1) is 6.63. The van der Waals surface area contributed by atoms with Crippen LogP contribution in [0.2, 0.25) is 0 Å². The molecule has 0 aliphatic carbocycles. The molecule has 1 aromatic heterocycles. The highest BCUT2D eigenvalue weighted by molar-refractivity contribution is 5.91. The predicted octanol–water partition coefficient (Wildman–Crippen LogP) is 1.06. The molecule has 0 fully saturated rings. The summed E-state index contributed by atoms with van der Waals surface area (Å²) >= 11 is 0. The number of hydrogen-bond donors (Lipinski definition) is 2. The van der Waals surface area contributed by atoms with Gasteiger partial charge in [0.05, 0.1) is 12.3 Å². The van der Waals surface area contributed by atoms with Crippen LogP contribution in [0.3, 0.4) is 0 Å². The van der Waals surface area contributed by atoms with Gasteiger partial charge in [0, 0.05) is 11.8 Å². The van der Waals surface area contributed by atoms with Crippen LogP contribution in [0.4, 0.5) is 0 Å². The standard InChI is InChI=1S/C10H11NO3/c1-7(10(13)14)4-9-3-2-8(6-12)5-11-9/h2-5,12H,6H2,1H3,(H,13,14)/b7-4+. The molecule has 14 heavy (non-hydrogen) atoms. The summed E-state index contributed by atoms with van der Waals surface area (Å²) in [6, 6.07) is 3.37. The molecular weight excluding hydrogens is 182 g/mol. The fourth-order valence-corrected chi connectivity index (χ4v) is 0.898. The first-order valence-corrected chi connectivity index (χ1v) is 4.11. The zero-order chi connectivity index (χ0) is 10.6. The average Bonchev–Trinajstić information content (AvgIpc) is 2.19. The quantitative estimate of drug-likeness (QED) is 0.704. The Morgan fingerprint density at radius 2 is 2.29 bits per heavy atom. The predicted molar refractivity (Wildman–Crippen MR) is 51.4 cm³/mol. The van der Waals surface area contributed by atoms with E-state index >= 15 is 0 Å². The Bertz CT molecular complexity index is 354. The van der Waals surface area contributed by atoms with Crippen molar-refractivity contribution < 1.29 is 15.0 Å². The van der Waals surface area contributed by atoms with Crippen LogP contribution in [0.25, 0.3) is 6.08 Å². The van der Waals surface area contributed by atoms with E-state index in [0.29, 0.717) is 11.3 Å². The Labute approximate surface area is 81.5 Å². The zero-order valence-corrected chi connectivity index (χ0v) is 7.77. The molecule has 4 heteroatoms. The van der Waals surface area contributed by atoms with Crippen LogP contribution in [0.1, 0.15) is 18.2 Å². The highest BCUT2D eigenvalue weighted by atomic mass is 16.4. The van der Waals surface area contributed by atoms with Crippen molar-refractivity contribution in [1.82, 2.24) is 4.98 Å². The number of aliphatic carboxylic acids is 1. The molecule has 0 spiro atoms. The number of nitrogens with zero attached hydrogens (tertiary/aromatic N) is 1. The largest absolute Gasteiger partial charge is 0.478 e. The highest BCUT2D eigenvalue weighted by Crippen LogP contribution is 2.05. The number of aliphatic hydroxyl groups is 1. The summed E-state index contributed by atoms with van der Waals surface area (Å²) in [6.45, 7) is 1.44. The van der Waals surface area contributed by atoms with Gasteiger partial charge < -0.3 is 10.2 Å². The Morgan fingerprint density at radius 3 is 2.71 bits per heavy atom. The monoisotopic (exact) mass is 193 g/mol. The van der Waals surface area contributed by atoms with Gasteiger partial charge in [0.1, 0.15) is 0 Å². The minimum Gasteiger partial charge on any atom is -0.478 e. The topological polar surface area (TPSA) is 70.4 Å². The van der Waals surface area contributed by atoms with Crippen molar-refractivity contribution in [3.63, 3.8) is 0 Å². The molecule has 2 N–H and O–H groups in total. The molecule has 0 saturated carbocycles. The van der Waals surface area contributed by atoms with Gasteiger partial charge in [-0.15, -0.1) is 0 Å². The summed E-state index contributed by atoms with van der Waals surface area (Å²) in [7, 11) is 0. The molecule has 0 aliphatic heterocycles. The molecule has 0 amide bonds. The van der Waals surface area contributed by atoms with Gasteiger partial charge in [-0.05, 0) is 24.6 Å². The summed E-state index contributed by atoms with van der Waals surface area (Å²) < 4.78 is 0. The number of carboxylic acid groups (broad SMARTS) is 1. The SMILES string of the molecule is C/C(=C\c1ccc(CO)cn1)C(=O)O. The molecule has 0 atom stereocenters. The van der Waals surface area contributed by atoms with Gasteiger partial charge in [-0.1, -0.05) is 6.07 Å². The summed E-state index contributed by atoms with van der Waals surface area (Å²) in [6.07, 6.45) is 2.99. The summed E-state index contributed by atoms with van der Waals surface area (Å²) in [5.74, 6) is -0.960. The Kier molecular flexibility index (Phi) is 3.36. The normalized spacial score (nSPS) is 11.4. The van der Waals surface area contributed by atoms with Crippen molar-refractivity contribution in [2.24, 2.45) is 0 Å². The minimum atomic E-state index is -0.960. The molecule has 0 unspecified atom stereocenters. The van der Waals surface area contributed by atoms with E-state index in [1.54, 1.807) is 12.1 Å². The van der Waals surface area contributed by atoms with E-state index in [9.17, 15) is 4.79 Å². The maximum atomic E-state index is 10.5.